The molecular weight excluding hydrogens is 262 g/mol. The quantitative estimate of drug-likeness (QED) is 0.665. The number of halogens is 1. The molecule has 2 rings (SSSR count). The number of carboxylic acid groups (broad SMARTS) is 1. The molecule has 0 saturated carbocycles. The molecule has 18 heavy (non-hydrogen) atoms. The fourth-order valence-electron chi connectivity index (χ4n) is 0.986. The van der Waals surface area contributed by atoms with Gasteiger partial charge in [-0.3, -0.25) is 0 Å². The van der Waals surface area contributed by atoms with Crippen molar-refractivity contribution in [2.45, 2.75) is 0 Å². The van der Waals surface area contributed by atoms with Crippen LogP contribution >= 0.6 is 11.8 Å². The van der Waals surface area contributed by atoms with Gasteiger partial charge in [0, 0.05) is 0 Å². The Labute approximate surface area is 107 Å². The summed E-state index contributed by atoms with van der Waals surface area (Å²) in [5.41, 5.74) is 0.331. The lowest BCUT2D eigenvalue weighted by Crippen LogP contribution is -1.93. The fraction of sp³-hybridized carbons (Fsp3) is 0. The lowest BCUT2D eigenvalue weighted by Gasteiger charge is -1.88. The monoisotopic (exact) mass is 269 g/mol. The van der Waals surface area contributed by atoms with Gasteiger partial charge in [0.1, 0.15) is 24.2 Å². The van der Waals surface area contributed by atoms with Crippen LogP contribution in [-0.2, 0) is 0 Å². The van der Waals surface area contributed by atoms with E-state index in [4.69, 9.17) is 16.9 Å². The topological polar surface area (TPSA) is 98.3 Å². The van der Waals surface area contributed by atoms with Gasteiger partial charge in [-0.1, -0.05) is 23.2 Å². The minimum atomic E-state index is -0.879. The fourth-order valence-corrected chi connectivity index (χ4v) is 1.14. The van der Waals surface area contributed by atoms with Crippen molar-refractivity contribution < 1.29 is 14.8 Å². The summed E-state index contributed by atoms with van der Waals surface area (Å²) in [7, 11) is 0. The minimum absolute atomic E-state index is 0.331. The van der Waals surface area contributed by atoms with Crippen LogP contribution < -0.4 is 0 Å². The van der Waals surface area contributed by atoms with E-state index in [0.29, 0.717) is 5.56 Å². The van der Waals surface area contributed by atoms with Crippen molar-refractivity contribution in [1.29, 1.82) is 0 Å². The van der Waals surface area contributed by atoms with Gasteiger partial charge in [-0.2, -0.15) is 0 Å². The predicted molar refractivity (Wildman–Crippen MR) is 63.5 cm³/mol. The summed E-state index contributed by atoms with van der Waals surface area (Å²) in [6.45, 7) is 0. The molecule has 1 N–H and O–H groups in total. The maximum absolute atomic E-state index is 10.2. The van der Waals surface area contributed by atoms with Gasteiger partial charge in [-0.15, -0.1) is 4.09 Å². The van der Waals surface area contributed by atoms with Crippen LogP contribution in [0.4, 0.5) is 5.95 Å². The van der Waals surface area contributed by atoms with Gasteiger partial charge in [0.05, 0.1) is 5.56 Å². The number of nitrogens with zero attached hydrogens (tertiary/aromatic N) is 3. The van der Waals surface area contributed by atoms with Crippen molar-refractivity contribution in [3.05, 3.63) is 58.4 Å². The first kappa shape index (κ1) is 13.7. The molecule has 0 fully saturated rings. The highest BCUT2D eigenvalue weighted by Crippen LogP contribution is 2.07. The molecule has 8 heteroatoms. The minimum Gasteiger partial charge on any atom is -0.478 e. The molecule has 0 saturated heterocycles. The van der Waals surface area contributed by atoms with E-state index >= 15 is 0 Å². The van der Waals surface area contributed by atoms with Crippen LogP contribution in [0.1, 0.15) is 10.4 Å². The maximum Gasteiger partial charge on any atom is 0.451 e. The molecule has 1 aromatic heterocycles. The van der Waals surface area contributed by atoms with E-state index in [-0.39, 0.29) is 5.95 Å². The predicted octanol–water partition coefficient (Wildman–Crippen LogP) is 2.18. The van der Waals surface area contributed by atoms with Gasteiger partial charge in [-0.25, -0.2) is 4.79 Å². The second kappa shape index (κ2) is 6.36. The molecule has 0 bridgehead atoms. The van der Waals surface area contributed by atoms with Crippen LogP contribution in [0.3, 0.4) is 0 Å². The van der Waals surface area contributed by atoms with E-state index < -0.39 is 10.9 Å². The van der Waals surface area contributed by atoms with Crippen molar-refractivity contribution in [2.75, 3.05) is 0 Å². The largest absolute Gasteiger partial charge is 0.478 e. The molecular formula is C10H8ClN3O4. The zero-order valence-electron chi connectivity index (χ0n) is 8.93. The molecule has 0 aliphatic rings. The smallest absolute Gasteiger partial charge is 0.451 e. The van der Waals surface area contributed by atoms with Gasteiger partial charge >= 0.3 is 11.9 Å². The Kier molecular flexibility index (Phi) is 4.82. The number of imidazole rings is 1. The standard InChI is InChI=1S/C7H6O2.C3H2ClN3O2/c8-7(9)6-4-2-1-3-5-6;4-6-2-1-5-3(6)7(8)9/h1-5H,(H,8,9);1-2H. The molecule has 0 aliphatic heterocycles. The third-order valence-corrected chi connectivity index (χ3v) is 2.03. The van der Waals surface area contributed by atoms with Crippen molar-refractivity contribution in [2.24, 2.45) is 0 Å². The lowest BCUT2D eigenvalue weighted by molar-refractivity contribution is -0.394. The van der Waals surface area contributed by atoms with E-state index in [9.17, 15) is 14.9 Å². The van der Waals surface area contributed by atoms with Gasteiger partial charge in [0.2, 0.25) is 0 Å². The normalized spacial score (nSPS) is 9.17. The van der Waals surface area contributed by atoms with Crippen molar-refractivity contribution in [3.8, 4) is 0 Å². The maximum atomic E-state index is 10.2. The third-order valence-electron chi connectivity index (χ3n) is 1.76. The number of rotatable bonds is 2. The molecule has 0 spiro atoms. The number of aromatic nitrogens is 2. The number of carbonyl (C=O) groups is 1. The number of hydrogen-bond acceptors (Lipinski definition) is 4. The van der Waals surface area contributed by atoms with Crippen molar-refractivity contribution in [3.63, 3.8) is 0 Å². The zero-order chi connectivity index (χ0) is 13.5. The highest BCUT2D eigenvalue weighted by Gasteiger charge is 2.10. The average Bonchev–Trinajstić information content (AvgIpc) is 2.77. The molecule has 2 aromatic rings. The van der Waals surface area contributed by atoms with Gasteiger partial charge in [-0.05, 0) is 17.1 Å². The summed E-state index contributed by atoms with van der Waals surface area (Å²) in [4.78, 5) is 22.8. The van der Waals surface area contributed by atoms with Crippen LogP contribution in [0.2, 0.25) is 0 Å². The first-order valence-corrected chi connectivity index (χ1v) is 4.98. The molecule has 7 nitrogen and oxygen atoms in total. The number of nitro groups is 1. The second-order valence-corrected chi connectivity index (χ2v) is 3.33. The van der Waals surface area contributed by atoms with Crippen LogP contribution in [0, 0.1) is 10.1 Å². The SMILES string of the molecule is O=C(O)c1ccccc1.O=[N+]([O-])c1nccn1Cl. The molecule has 0 unspecified atom stereocenters. The average molecular weight is 270 g/mol. The molecule has 94 valence electrons. The van der Waals surface area contributed by atoms with E-state index in [2.05, 4.69) is 4.98 Å². The molecule has 0 aliphatic carbocycles. The third kappa shape index (κ3) is 3.87. The van der Waals surface area contributed by atoms with Crippen LogP contribution in [0.5, 0.6) is 0 Å². The highest BCUT2D eigenvalue weighted by atomic mass is 35.5. The first-order chi connectivity index (χ1) is 8.52. The summed E-state index contributed by atoms with van der Waals surface area (Å²) in [5.74, 6) is -1.24. The highest BCUT2D eigenvalue weighted by molar-refractivity contribution is 6.16. The molecule has 0 atom stereocenters. The molecule has 1 heterocycles. The van der Waals surface area contributed by atoms with Crippen LogP contribution in [0.25, 0.3) is 0 Å². The molecule has 0 radical (unpaired) electrons. The Morgan fingerprint density at radius 1 is 1.39 bits per heavy atom. The summed E-state index contributed by atoms with van der Waals surface area (Å²) >= 11 is 5.25. The Morgan fingerprint density at radius 3 is 2.28 bits per heavy atom. The van der Waals surface area contributed by atoms with E-state index in [1.807, 2.05) is 0 Å². The Morgan fingerprint density at radius 2 is 2.00 bits per heavy atom. The van der Waals surface area contributed by atoms with Crippen LogP contribution in [0.15, 0.2) is 42.7 Å². The summed E-state index contributed by atoms with van der Waals surface area (Å²) in [5, 5.41) is 18.3. The molecule has 0 amide bonds. The number of benzene rings is 1. The Balaban J connectivity index is 0.000000180. The van der Waals surface area contributed by atoms with E-state index in [0.717, 1.165) is 4.09 Å². The van der Waals surface area contributed by atoms with Crippen molar-refractivity contribution >= 4 is 23.7 Å². The number of hydrogen-bond donors (Lipinski definition) is 1. The summed E-state index contributed by atoms with van der Waals surface area (Å²) < 4.78 is 0.819. The lowest BCUT2D eigenvalue weighted by atomic mass is 10.2. The van der Waals surface area contributed by atoms with Gasteiger partial charge < -0.3 is 15.2 Å². The Hall–Kier alpha value is -2.41. The summed E-state index contributed by atoms with van der Waals surface area (Å²) in [6, 6.07) is 8.30. The van der Waals surface area contributed by atoms with E-state index in [1.54, 1.807) is 30.3 Å². The first-order valence-electron chi connectivity index (χ1n) is 4.64. The van der Waals surface area contributed by atoms with Gasteiger partial charge in [0.25, 0.3) is 0 Å². The number of aromatic carboxylic acids is 1. The van der Waals surface area contributed by atoms with E-state index in [1.165, 1.54) is 12.4 Å². The van der Waals surface area contributed by atoms with Gasteiger partial charge in [0.15, 0.2) is 0 Å². The van der Waals surface area contributed by atoms with Crippen LogP contribution in [-0.4, -0.2) is 25.1 Å². The zero-order valence-corrected chi connectivity index (χ0v) is 9.69. The number of carboxylic acids is 1. The second-order valence-electron chi connectivity index (χ2n) is 2.97. The van der Waals surface area contributed by atoms with Crippen molar-refractivity contribution in [1.82, 2.24) is 9.07 Å². The molecule has 1 aromatic carbocycles. The summed E-state index contributed by atoms with van der Waals surface area (Å²) in [6.07, 6.45) is 2.55. The Bertz CT molecular complexity index is 541.